The lowest BCUT2D eigenvalue weighted by Crippen LogP contribution is -2.28. The van der Waals surface area contributed by atoms with Crippen molar-refractivity contribution in [2.45, 2.75) is 37.8 Å². The van der Waals surface area contributed by atoms with Crippen molar-refractivity contribution in [2.75, 3.05) is 11.1 Å². The molecule has 0 radical (unpaired) electrons. The largest absolute Gasteiger partial charge is 0.397 e. The van der Waals surface area contributed by atoms with Gasteiger partial charge in [-0.2, -0.15) is 0 Å². The van der Waals surface area contributed by atoms with Crippen LogP contribution in [0.5, 0.6) is 0 Å². The molecule has 1 aliphatic rings. The summed E-state index contributed by atoms with van der Waals surface area (Å²) in [6.07, 6.45) is 5.41. The molecule has 0 amide bonds. The second-order valence-electron chi connectivity index (χ2n) is 5.25. The van der Waals surface area contributed by atoms with E-state index >= 15 is 0 Å². The first kappa shape index (κ1) is 12.2. The standard InChI is InChI=1S/C15H19N3O/c16-13-7-8-14(12-2-1-9-17-15(12)13)18-10-3-5-11(19)6-4-10/h1-2,7-11,18-19H,3-6,16H2. The molecule has 0 unspecified atom stereocenters. The summed E-state index contributed by atoms with van der Waals surface area (Å²) in [5.41, 5.74) is 8.59. The number of nitrogens with one attached hydrogen (secondary N) is 1. The van der Waals surface area contributed by atoms with Gasteiger partial charge in [0.25, 0.3) is 0 Å². The molecule has 3 rings (SSSR count). The van der Waals surface area contributed by atoms with E-state index in [1.165, 1.54) is 0 Å². The summed E-state index contributed by atoms with van der Waals surface area (Å²) in [7, 11) is 0. The maximum Gasteiger partial charge on any atom is 0.0951 e. The number of hydrogen-bond acceptors (Lipinski definition) is 4. The lowest BCUT2D eigenvalue weighted by Gasteiger charge is -2.27. The summed E-state index contributed by atoms with van der Waals surface area (Å²) in [5.74, 6) is 0. The fraction of sp³-hybridized carbons (Fsp3) is 0.400. The Balaban J connectivity index is 1.87. The van der Waals surface area contributed by atoms with Crippen molar-refractivity contribution in [2.24, 2.45) is 0 Å². The highest BCUT2D eigenvalue weighted by Crippen LogP contribution is 2.29. The third kappa shape index (κ3) is 2.49. The van der Waals surface area contributed by atoms with Gasteiger partial charge >= 0.3 is 0 Å². The molecule has 0 saturated heterocycles. The minimum atomic E-state index is -0.122. The molecular weight excluding hydrogens is 238 g/mol. The quantitative estimate of drug-likeness (QED) is 0.723. The lowest BCUT2D eigenvalue weighted by atomic mass is 9.93. The molecule has 1 fully saturated rings. The normalized spacial score (nSPS) is 23.4. The highest BCUT2D eigenvalue weighted by atomic mass is 16.3. The van der Waals surface area contributed by atoms with Crippen molar-refractivity contribution >= 4 is 22.3 Å². The summed E-state index contributed by atoms with van der Waals surface area (Å²) in [5, 5.41) is 14.2. The van der Waals surface area contributed by atoms with Crippen LogP contribution in [-0.2, 0) is 0 Å². The monoisotopic (exact) mass is 257 g/mol. The number of nitrogens with two attached hydrogens (primary N) is 1. The molecule has 0 bridgehead atoms. The topological polar surface area (TPSA) is 71.2 Å². The molecule has 100 valence electrons. The van der Waals surface area contributed by atoms with Gasteiger partial charge in [0.2, 0.25) is 0 Å². The molecule has 4 nitrogen and oxygen atoms in total. The van der Waals surface area contributed by atoms with Gasteiger partial charge in [-0.3, -0.25) is 4.98 Å². The predicted octanol–water partition coefficient (Wildman–Crippen LogP) is 2.53. The van der Waals surface area contributed by atoms with Crippen LogP contribution in [0.2, 0.25) is 0 Å². The molecule has 1 heterocycles. The molecule has 1 saturated carbocycles. The number of aliphatic hydroxyl groups is 1. The van der Waals surface area contributed by atoms with E-state index in [4.69, 9.17) is 5.73 Å². The highest BCUT2D eigenvalue weighted by molar-refractivity contribution is 5.98. The number of pyridine rings is 1. The zero-order valence-electron chi connectivity index (χ0n) is 10.8. The van der Waals surface area contributed by atoms with E-state index in [0.717, 1.165) is 42.3 Å². The van der Waals surface area contributed by atoms with Crippen LogP contribution < -0.4 is 11.1 Å². The molecule has 4 heteroatoms. The first-order valence-electron chi connectivity index (χ1n) is 6.82. The van der Waals surface area contributed by atoms with Crippen molar-refractivity contribution in [3.8, 4) is 0 Å². The molecule has 2 aromatic rings. The number of aromatic nitrogens is 1. The number of rotatable bonds is 2. The number of benzene rings is 1. The molecular formula is C15H19N3O. The summed E-state index contributed by atoms with van der Waals surface area (Å²) < 4.78 is 0. The van der Waals surface area contributed by atoms with Gasteiger partial charge in [-0.1, -0.05) is 0 Å². The molecule has 1 aliphatic carbocycles. The van der Waals surface area contributed by atoms with E-state index in [0.29, 0.717) is 11.7 Å². The van der Waals surface area contributed by atoms with E-state index in [1.807, 2.05) is 24.3 Å². The first-order chi connectivity index (χ1) is 9.24. The van der Waals surface area contributed by atoms with Gasteiger partial charge in [0.1, 0.15) is 0 Å². The summed E-state index contributed by atoms with van der Waals surface area (Å²) in [6.45, 7) is 0. The Kier molecular flexibility index (Phi) is 3.25. The minimum absolute atomic E-state index is 0.122. The second-order valence-corrected chi connectivity index (χ2v) is 5.25. The van der Waals surface area contributed by atoms with Crippen LogP contribution in [0.3, 0.4) is 0 Å². The number of nitrogen functional groups attached to an aromatic ring is 1. The lowest BCUT2D eigenvalue weighted by molar-refractivity contribution is 0.126. The SMILES string of the molecule is Nc1ccc(NC2CCC(O)CC2)c2cccnc12. The fourth-order valence-electron chi connectivity index (χ4n) is 2.76. The molecule has 1 aromatic carbocycles. The smallest absolute Gasteiger partial charge is 0.0951 e. The zero-order valence-corrected chi connectivity index (χ0v) is 10.8. The Hall–Kier alpha value is -1.81. The van der Waals surface area contributed by atoms with Crippen molar-refractivity contribution in [3.05, 3.63) is 30.5 Å². The Labute approximate surface area is 112 Å². The van der Waals surface area contributed by atoms with Crippen LogP contribution in [0.4, 0.5) is 11.4 Å². The van der Waals surface area contributed by atoms with Crippen molar-refractivity contribution in [1.82, 2.24) is 4.98 Å². The second kappa shape index (κ2) is 5.05. The van der Waals surface area contributed by atoms with Crippen molar-refractivity contribution in [3.63, 3.8) is 0 Å². The fourth-order valence-corrected chi connectivity index (χ4v) is 2.76. The Morgan fingerprint density at radius 1 is 1.16 bits per heavy atom. The Morgan fingerprint density at radius 2 is 1.95 bits per heavy atom. The third-order valence-electron chi connectivity index (χ3n) is 3.86. The van der Waals surface area contributed by atoms with E-state index < -0.39 is 0 Å². The summed E-state index contributed by atoms with van der Waals surface area (Å²) in [4.78, 5) is 4.34. The first-order valence-corrected chi connectivity index (χ1v) is 6.82. The molecule has 0 aliphatic heterocycles. The van der Waals surface area contributed by atoms with Gasteiger partial charge in [0, 0.05) is 23.3 Å². The van der Waals surface area contributed by atoms with Gasteiger partial charge in [-0.25, -0.2) is 0 Å². The van der Waals surface area contributed by atoms with Crippen LogP contribution in [0.25, 0.3) is 10.9 Å². The van der Waals surface area contributed by atoms with Crippen molar-refractivity contribution in [1.29, 1.82) is 0 Å². The van der Waals surface area contributed by atoms with Gasteiger partial charge in [-0.15, -0.1) is 0 Å². The van der Waals surface area contributed by atoms with Gasteiger partial charge in [0.05, 0.1) is 17.3 Å². The van der Waals surface area contributed by atoms with Crippen molar-refractivity contribution < 1.29 is 5.11 Å². The molecule has 0 atom stereocenters. The minimum Gasteiger partial charge on any atom is -0.397 e. The van der Waals surface area contributed by atoms with E-state index in [1.54, 1.807) is 6.20 Å². The summed E-state index contributed by atoms with van der Waals surface area (Å²) >= 11 is 0. The van der Waals surface area contributed by atoms with Crippen LogP contribution in [0, 0.1) is 0 Å². The van der Waals surface area contributed by atoms with Gasteiger partial charge in [-0.05, 0) is 49.9 Å². The number of nitrogens with zero attached hydrogens (tertiary/aromatic N) is 1. The van der Waals surface area contributed by atoms with E-state index in [-0.39, 0.29) is 6.10 Å². The Morgan fingerprint density at radius 3 is 2.74 bits per heavy atom. The molecule has 19 heavy (non-hydrogen) atoms. The maximum atomic E-state index is 9.55. The predicted molar refractivity (Wildman–Crippen MR) is 78.0 cm³/mol. The molecule has 1 aromatic heterocycles. The summed E-state index contributed by atoms with van der Waals surface area (Å²) in [6, 6.07) is 8.31. The van der Waals surface area contributed by atoms with E-state index in [2.05, 4.69) is 10.3 Å². The van der Waals surface area contributed by atoms with Crippen LogP contribution in [-0.4, -0.2) is 22.2 Å². The van der Waals surface area contributed by atoms with E-state index in [9.17, 15) is 5.11 Å². The number of anilines is 2. The molecule has 0 spiro atoms. The zero-order chi connectivity index (χ0) is 13.2. The number of hydrogen-bond donors (Lipinski definition) is 3. The maximum absolute atomic E-state index is 9.55. The Bertz CT molecular complexity index is 577. The third-order valence-corrected chi connectivity index (χ3v) is 3.86. The van der Waals surface area contributed by atoms with Crippen LogP contribution >= 0.6 is 0 Å². The number of fused-ring (bicyclic) bond motifs is 1. The average molecular weight is 257 g/mol. The van der Waals surface area contributed by atoms with Gasteiger partial charge < -0.3 is 16.2 Å². The van der Waals surface area contributed by atoms with Crippen LogP contribution in [0.15, 0.2) is 30.5 Å². The number of aliphatic hydroxyl groups excluding tert-OH is 1. The van der Waals surface area contributed by atoms with Gasteiger partial charge in [0.15, 0.2) is 0 Å². The molecule has 4 N–H and O–H groups in total. The van der Waals surface area contributed by atoms with Crippen LogP contribution in [0.1, 0.15) is 25.7 Å². The average Bonchev–Trinajstić information content (AvgIpc) is 2.45. The highest BCUT2D eigenvalue weighted by Gasteiger charge is 2.19.